The summed E-state index contributed by atoms with van der Waals surface area (Å²) < 4.78 is 0. The van der Waals surface area contributed by atoms with Crippen molar-refractivity contribution >= 4 is 11.7 Å². The highest BCUT2D eigenvalue weighted by Gasteiger charge is 2.24. The molecule has 1 aliphatic heterocycles. The predicted octanol–water partition coefficient (Wildman–Crippen LogP) is 1.63. The highest BCUT2D eigenvalue weighted by molar-refractivity contribution is 5.92. The van der Waals surface area contributed by atoms with E-state index in [1.165, 1.54) is 0 Å². The van der Waals surface area contributed by atoms with Crippen LogP contribution >= 0.6 is 0 Å². The number of hydrogen-bond acceptors (Lipinski definition) is 6. The summed E-state index contributed by atoms with van der Waals surface area (Å²) in [5, 5.41) is 12.2. The number of anilines is 1. The van der Waals surface area contributed by atoms with Crippen molar-refractivity contribution < 1.29 is 4.79 Å². The summed E-state index contributed by atoms with van der Waals surface area (Å²) in [5.41, 5.74) is 0.917. The Kier molecular flexibility index (Phi) is 6.04. The van der Waals surface area contributed by atoms with E-state index in [0.717, 1.165) is 12.8 Å². The summed E-state index contributed by atoms with van der Waals surface area (Å²) in [6.45, 7) is 5.48. The zero-order chi connectivity index (χ0) is 20.1. The average Bonchev–Trinajstić information content (AvgIpc) is 2.67. The number of amides is 1. The van der Waals surface area contributed by atoms with Crippen LogP contribution in [0, 0.1) is 17.2 Å². The number of aromatic nitrogens is 3. The fourth-order valence-electron chi connectivity index (χ4n) is 3.41. The maximum atomic E-state index is 12.6. The molecule has 0 radical (unpaired) electrons. The Balaban J connectivity index is 1.62. The molecule has 1 amide bonds. The number of nitrogens with one attached hydrogen (secondary N) is 2. The van der Waals surface area contributed by atoms with Crippen molar-refractivity contribution in [3.63, 3.8) is 0 Å². The Labute approximate surface area is 163 Å². The molecule has 3 rings (SSSR count). The number of piperidine rings is 1. The monoisotopic (exact) mass is 380 g/mol. The molecule has 0 saturated carbocycles. The molecule has 8 nitrogen and oxygen atoms in total. The van der Waals surface area contributed by atoms with Crippen LogP contribution in [0.3, 0.4) is 0 Å². The summed E-state index contributed by atoms with van der Waals surface area (Å²) in [5.74, 6) is 0.720. The van der Waals surface area contributed by atoms with Gasteiger partial charge in [-0.25, -0.2) is 9.78 Å². The van der Waals surface area contributed by atoms with Gasteiger partial charge in [-0.2, -0.15) is 10.2 Å². The molecular weight excluding hydrogens is 356 g/mol. The number of aromatic amines is 1. The van der Waals surface area contributed by atoms with Crippen LogP contribution in [0.1, 0.15) is 48.4 Å². The van der Waals surface area contributed by atoms with E-state index >= 15 is 0 Å². The van der Waals surface area contributed by atoms with Crippen LogP contribution in [0.5, 0.6) is 0 Å². The molecule has 3 heterocycles. The van der Waals surface area contributed by atoms with Crippen LogP contribution in [0.2, 0.25) is 0 Å². The van der Waals surface area contributed by atoms with Crippen molar-refractivity contribution in [2.24, 2.45) is 5.92 Å². The topological polar surface area (TPSA) is 115 Å². The first-order valence-corrected chi connectivity index (χ1v) is 9.47. The minimum atomic E-state index is -0.502. The van der Waals surface area contributed by atoms with Crippen molar-refractivity contribution in [3.8, 4) is 6.07 Å². The number of hydrogen-bond donors (Lipinski definition) is 2. The average molecular weight is 380 g/mol. The first-order chi connectivity index (χ1) is 13.5. The smallest absolute Gasteiger partial charge is 0.345 e. The minimum Gasteiger partial charge on any atom is -0.355 e. The lowest BCUT2D eigenvalue weighted by Crippen LogP contribution is -2.45. The zero-order valence-corrected chi connectivity index (χ0v) is 16.1. The van der Waals surface area contributed by atoms with Gasteiger partial charge in [-0.05, 0) is 43.4 Å². The molecule has 0 atom stereocenters. The van der Waals surface area contributed by atoms with Gasteiger partial charge in [-0.3, -0.25) is 4.79 Å². The fourth-order valence-corrected chi connectivity index (χ4v) is 3.41. The Morgan fingerprint density at radius 3 is 2.86 bits per heavy atom. The number of nitriles is 1. The number of carbonyl (C=O) groups excluding carboxylic acids is 1. The lowest BCUT2D eigenvalue weighted by molar-refractivity contribution is 0.0925. The minimum absolute atomic E-state index is 0.00682. The summed E-state index contributed by atoms with van der Waals surface area (Å²) in [6, 6.07) is 7.31. The Morgan fingerprint density at radius 1 is 1.43 bits per heavy atom. The molecule has 2 aromatic heterocycles. The molecule has 8 heteroatoms. The molecule has 1 saturated heterocycles. The van der Waals surface area contributed by atoms with E-state index in [0.29, 0.717) is 42.5 Å². The highest BCUT2D eigenvalue weighted by Crippen LogP contribution is 2.21. The van der Waals surface area contributed by atoms with Gasteiger partial charge >= 0.3 is 5.69 Å². The molecule has 146 valence electrons. The predicted molar refractivity (Wildman–Crippen MR) is 105 cm³/mol. The van der Waals surface area contributed by atoms with E-state index in [9.17, 15) is 14.9 Å². The standard InChI is InChI=1S/C20H24N6O2/c1-13(2)10-16-11-17(25-20(28)24-16)19(27)23-15-5-8-26(9-6-15)18-14(12-21)4-3-7-22-18/h3-4,7,11,13,15H,5-6,8-10H2,1-2H3,(H,23,27)(H,24,25,28). The second-order valence-electron chi connectivity index (χ2n) is 7.42. The van der Waals surface area contributed by atoms with Gasteiger partial charge in [0.25, 0.3) is 5.91 Å². The third-order valence-electron chi connectivity index (χ3n) is 4.70. The van der Waals surface area contributed by atoms with Crippen LogP contribution in [0.25, 0.3) is 0 Å². The van der Waals surface area contributed by atoms with Gasteiger partial charge in [-0.15, -0.1) is 0 Å². The number of H-pyrrole nitrogens is 1. The normalized spacial score (nSPS) is 14.7. The second-order valence-corrected chi connectivity index (χ2v) is 7.42. The lowest BCUT2D eigenvalue weighted by Gasteiger charge is -2.33. The second kappa shape index (κ2) is 8.65. The first kappa shape index (κ1) is 19.5. The van der Waals surface area contributed by atoms with Gasteiger partial charge in [0.1, 0.15) is 17.6 Å². The molecule has 1 aliphatic rings. The Bertz CT molecular complexity index is 938. The van der Waals surface area contributed by atoms with Gasteiger partial charge < -0.3 is 15.2 Å². The molecule has 0 bridgehead atoms. The van der Waals surface area contributed by atoms with Gasteiger partial charge in [0.15, 0.2) is 0 Å². The van der Waals surface area contributed by atoms with Crippen molar-refractivity contribution in [2.45, 2.75) is 39.2 Å². The van der Waals surface area contributed by atoms with E-state index in [-0.39, 0.29) is 17.6 Å². The molecule has 2 N–H and O–H groups in total. The molecule has 2 aromatic rings. The summed E-state index contributed by atoms with van der Waals surface area (Å²) in [6.07, 6.45) is 3.82. The van der Waals surface area contributed by atoms with Crippen molar-refractivity contribution in [1.82, 2.24) is 20.3 Å². The summed E-state index contributed by atoms with van der Waals surface area (Å²) in [4.78, 5) is 37.2. The van der Waals surface area contributed by atoms with Crippen LogP contribution in [-0.2, 0) is 6.42 Å². The number of nitrogens with zero attached hydrogens (tertiary/aromatic N) is 4. The van der Waals surface area contributed by atoms with E-state index in [4.69, 9.17) is 0 Å². The molecule has 0 aromatic carbocycles. The summed E-state index contributed by atoms with van der Waals surface area (Å²) in [7, 11) is 0. The van der Waals surface area contributed by atoms with Crippen LogP contribution in [-0.4, -0.2) is 40.0 Å². The third-order valence-corrected chi connectivity index (χ3v) is 4.70. The van der Waals surface area contributed by atoms with Crippen molar-refractivity contribution in [3.05, 3.63) is 51.8 Å². The fraction of sp³-hybridized carbons (Fsp3) is 0.450. The maximum absolute atomic E-state index is 12.6. The SMILES string of the molecule is CC(C)Cc1cc(C(=O)NC2CCN(c3ncccc3C#N)CC2)nc(=O)[nH]1. The molecule has 0 unspecified atom stereocenters. The van der Waals surface area contributed by atoms with Gasteiger partial charge in [0.05, 0.1) is 5.56 Å². The largest absolute Gasteiger partial charge is 0.355 e. The number of carbonyl (C=O) groups is 1. The molecule has 1 fully saturated rings. The van der Waals surface area contributed by atoms with Crippen molar-refractivity contribution in [1.29, 1.82) is 5.26 Å². The lowest BCUT2D eigenvalue weighted by atomic mass is 10.0. The number of rotatable bonds is 5. The number of pyridine rings is 1. The highest BCUT2D eigenvalue weighted by atomic mass is 16.2. The van der Waals surface area contributed by atoms with E-state index in [1.54, 1.807) is 24.4 Å². The Morgan fingerprint density at radius 2 is 2.18 bits per heavy atom. The molecule has 0 spiro atoms. The molecule has 28 heavy (non-hydrogen) atoms. The van der Waals surface area contributed by atoms with Crippen LogP contribution in [0.4, 0.5) is 5.82 Å². The van der Waals surface area contributed by atoms with E-state index in [2.05, 4.69) is 31.2 Å². The van der Waals surface area contributed by atoms with Gasteiger partial charge in [-0.1, -0.05) is 13.8 Å². The first-order valence-electron chi connectivity index (χ1n) is 9.47. The maximum Gasteiger partial charge on any atom is 0.345 e. The van der Waals surface area contributed by atoms with Crippen LogP contribution < -0.4 is 15.9 Å². The summed E-state index contributed by atoms with van der Waals surface area (Å²) >= 11 is 0. The Hall–Kier alpha value is -3.21. The zero-order valence-electron chi connectivity index (χ0n) is 16.1. The van der Waals surface area contributed by atoms with Gasteiger partial charge in [0, 0.05) is 31.0 Å². The molecular formula is C20H24N6O2. The third kappa shape index (κ3) is 4.74. The van der Waals surface area contributed by atoms with Gasteiger partial charge in [0.2, 0.25) is 0 Å². The van der Waals surface area contributed by atoms with Crippen LogP contribution in [0.15, 0.2) is 29.2 Å². The van der Waals surface area contributed by atoms with E-state index in [1.807, 2.05) is 13.8 Å². The molecule has 0 aliphatic carbocycles. The van der Waals surface area contributed by atoms with Crippen molar-refractivity contribution in [2.75, 3.05) is 18.0 Å². The van der Waals surface area contributed by atoms with E-state index < -0.39 is 5.69 Å². The quantitative estimate of drug-likeness (QED) is 0.815.